The number of hydrogen-bond acceptors (Lipinski definition) is 3. The number of thioether (sulfide) groups is 1. The van der Waals surface area contributed by atoms with Crippen LogP contribution in [-0.4, -0.2) is 30.5 Å². The molecule has 1 aromatic carbocycles. The maximum absolute atomic E-state index is 12.1. The van der Waals surface area contributed by atoms with Crippen molar-refractivity contribution in [1.82, 2.24) is 5.32 Å². The molecule has 104 valence electrons. The first-order valence-corrected chi connectivity index (χ1v) is 8.17. The van der Waals surface area contributed by atoms with Gasteiger partial charge in [0.05, 0.1) is 0 Å². The van der Waals surface area contributed by atoms with Crippen molar-refractivity contribution < 1.29 is 4.79 Å². The van der Waals surface area contributed by atoms with Crippen molar-refractivity contribution in [3.05, 3.63) is 29.3 Å². The third-order valence-electron chi connectivity index (χ3n) is 3.54. The predicted octanol–water partition coefficient (Wildman–Crippen LogP) is 2.92. The Kier molecular flexibility index (Phi) is 5.14. The summed E-state index contributed by atoms with van der Waals surface area (Å²) in [5.41, 5.74) is 3.22. The van der Waals surface area contributed by atoms with E-state index in [0.717, 1.165) is 37.9 Å². The number of rotatable bonds is 5. The number of carbonyl (C=O) groups is 1. The lowest BCUT2D eigenvalue weighted by Gasteiger charge is -2.18. The predicted molar refractivity (Wildman–Crippen MR) is 83.2 cm³/mol. The van der Waals surface area contributed by atoms with E-state index in [9.17, 15) is 4.79 Å². The van der Waals surface area contributed by atoms with Gasteiger partial charge in [0, 0.05) is 29.6 Å². The molecule has 1 aromatic rings. The fraction of sp³-hybridized carbons (Fsp3) is 0.533. The van der Waals surface area contributed by atoms with E-state index in [1.54, 1.807) is 0 Å². The first kappa shape index (κ1) is 14.3. The van der Waals surface area contributed by atoms with Crippen molar-refractivity contribution in [2.45, 2.75) is 31.4 Å². The lowest BCUT2D eigenvalue weighted by molar-refractivity contribution is 0.0953. The third-order valence-corrected chi connectivity index (χ3v) is 4.59. The molecule has 0 aromatic heterocycles. The summed E-state index contributed by atoms with van der Waals surface area (Å²) in [6.45, 7) is 3.96. The summed E-state index contributed by atoms with van der Waals surface area (Å²) in [6.07, 6.45) is 5.32. The van der Waals surface area contributed by atoms with E-state index in [-0.39, 0.29) is 5.91 Å². The second-order valence-electron chi connectivity index (χ2n) is 4.99. The van der Waals surface area contributed by atoms with Gasteiger partial charge in [-0.25, -0.2) is 0 Å². The maximum Gasteiger partial charge on any atom is 0.251 e. The van der Waals surface area contributed by atoms with Gasteiger partial charge in [0.25, 0.3) is 5.91 Å². The normalized spacial score (nSPS) is 15.3. The minimum absolute atomic E-state index is 0.0432. The fourth-order valence-corrected chi connectivity index (χ4v) is 2.58. The molecule has 0 fully saturated rings. The van der Waals surface area contributed by atoms with E-state index < -0.39 is 0 Å². The highest BCUT2D eigenvalue weighted by Gasteiger charge is 2.12. The Labute approximate surface area is 119 Å². The van der Waals surface area contributed by atoms with Crippen LogP contribution in [0.1, 0.15) is 35.7 Å². The molecule has 1 atom stereocenters. The molecule has 1 amide bonds. The molecule has 1 unspecified atom stereocenters. The molecule has 19 heavy (non-hydrogen) atoms. The molecule has 0 spiro atoms. The monoisotopic (exact) mass is 278 g/mol. The molecule has 1 heterocycles. The van der Waals surface area contributed by atoms with Gasteiger partial charge in [-0.2, -0.15) is 11.8 Å². The smallest absolute Gasteiger partial charge is 0.251 e. The van der Waals surface area contributed by atoms with Gasteiger partial charge in [-0.1, -0.05) is 6.92 Å². The standard InChI is InChI=1S/C15H22N2OS/c1-11(19-2)7-9-17-15(18)13-5-6-14-12(10-13)4-3-8-16-14/h5-6,10-11,16H,3-4,7-9H2,1-2H3,(H,17,18). The van der Waals surface area contributed by atoms with E-state index in [1.165, 1.54) is 11.3 Å². The zero-order valence-corrected chi connectivity index (χ0v) is 12.5. The number of hydrogen-bond donors (Lipinski definition) is 2. The van der Waals surface area contributed by atoms with E-state index >= 15 is 0 Å². The Morgan fingerprint density at radius 2 is 2.37 bits per heavy atom. The SMILES string of the molecule is CSC(C)CCNC(=O)c1ccc2c(c1)CCCN2. The molecule has 0 bridgehead atoms. The number of carbonyl (C=O) groups excluding carboxylic acids is 1. The number of anilines is 1. The van der Waals surface area contributed by atoms with Gasteiger partial charge in [0.1, 0.15) is 0 Å². The Morgan fingerprint density at radius 3 is 3.16 bits per heavy atom. The molecule has 0 aliphatic carbocycles. The second-order valence-corrected chi connectivity index (χ2v) is 6.27. The Hall–Kier alpha value is -1.16. The first-order valence-electron chi connectivity index (χ1n) is 6.88. The summed E-state index contributed by atoms with van der Waals surface area (Å²) in [5.74, 6) is 0.0432. The Bertz CT molecular complexity index is 448. The highest BCUT2D eigenvalue weighted by atomic mass is 32.2. The van der Waals surface area contributed by atoms with Crippen LogP contribution in [0.5, 0.6) is 0 Å². The average Bonchev–Trinajstić information content (AvgIpc) is 2.46. The zero-order valence-electron chi connectivity index (χ0n) is 11.7. The highest BCUT2D eigenvalue weighted by molar-refractivity contribution is 7.99. The maximum atomic E-state index is 12.1. The Balaban J connectivity index is 1.92. The molecular weight excluding hydrogens is 256 g/mol. The molecule has 2 rings (SSSR count). The summed E-state index contributed by atoms with van der Waals surface area (Å²) in [5, 5.41) is 6.95. The number of benzene rings is 1. The van der Waals surface area contributed by atoms with E-state index in [1.807, 2.05) is 30.0 Å². The third kappa shape index (κ3) is 3.90. The first-order chi connectivity index (χ1) is 9.20. The molecule has 0 saturated heterocycles. The molecule has 2 N–H and O–H groups in total. The quantitative estimate of drug-likeness (QED) is 0.870. The van der Waals surface area contributed by atoms with Gasteiger partial charge in [0.2, 0.25) is 0 Å². The van der Waals surface area contributed by atoms with Gasteiger partial charge in [-0.15, -0.1) is 0 Å². The molecule has 0 saturated carbocycles. The minimum atomic E-state index is 0.0432. The lowest BCUT2D eigenvalue weighted by atomic mass is 10.0. The molecule has 1 aliphatic rings. The van der Waals surface area contributed by atoms with Gasteiger partial charge < -0.3 is 10.6 Å². The van der Waals surface area contributed by atoms with Crippen molar-refractivity contribution in [1.29, 1.82) is 0 Å². The molecule has 3 nitrogen and oxygen atoms in total. The van der Waals surface area contributed by atoms with Crippen LogP contribution in [0.3, 0.4) is 0 Å². The van der Waals surface area contributed by atoms with Crippen LogP contribution >= 0.6 is 11.8 Å². The average molecular weight is 278 g/mol. The van der Waals surface area contributed by atoms with Crippen molar-refractivity contribution in [2.24, 2.45) is 0 Å². The van der Waals surface area contributed by atoms with Crippen LogP contribution in [-0.2, 0) is 6.42 Å². The summed E-state index contributed by atoms with van der Waals surface area (Å²) in [4.78, 5) is 12.1. The van der Waals surface area contributed by atoms with E-state index in [0.29, 0.717) is 5.25 Å². The number of aryl methyl sites for hydroxylation is 1. The summed E-state index contributed by atoms with van der Waals surface area (Å²) >= 11 is 1.83. The molecule has 1 aliphatic heterocycles. The van der Waals surface area contributed by atoms with E-state index in [2.05, 4.69) is 23.8 Å². The number of fused-ring (bicyclic) bond motifs is 1. The summed E-state index contributed by atoms with van der Waals surface area (Å²) in [6, 6.07) is 5.95. The van der Waals surface area contributed by atoms with Gasteiger partial charge in [0.15, 0.2) is 0 Å². The molecular formula is C15H22N2OS. The minimum Gasteiger partial charge on any atom is -0.385 e. The van der Waals surface area contributed by atoms with Crippen LogP contribution in [0.25, 0.3) is 0 Å². The zero-order chi connectivity index (χ0) is 13.7. The van der Waals surface area contributed by atoms with Crippen LogP contribution in [0.2, 0.25) is 0 Å². The summed E-state index contributed by atoms with van der Waals surface area (Å²) < 4.78 is 0. The fourth-order valence-electron chi connectivity index (χ4n) is 2.23. The second kappa shape index (κ2) is 6.85. The lowest BCUT2D eigenvalue weighted by Crippen LogP contribution is -2.26. The molecule has 4 heteroatoms. The van der Waals surface area contributed by atoms with Gasteiger partial charge in [-0.05, 0) is 49.3 Å². The van der Waals surface area contributed by atoms with Crippen LogP contribution < -0.4 is 10.6 Å². The van der Waals surface area contributed by atoms with Crippen molar-refractivity contribution in [3.63, 3.8) is 0 Å². The number of nitrogens with one attached hydrogen (secondary N) is 2. The van der Waals surface area contributed by atoms with Crippen LogP contribution in [0.15, 0.2) is 18.2 Å². The van der Waals surface area contributed by atoms with Gasteiger partial charge in [-0.3, -0.25) is 4.79 Å². The van der Waals surface area contributed by atoms with Crippen LogP contribution in [0.4, 0.5) is 5.69 Å². The molecule has 0 radical (unpaired) electrons. The largest absolute Gasteiger partial charge is 0.385 e. The van der Waals surface area contributed by atoms with Crippen LogP contribution in [0, 0.1) is 0 Å². The number of amides is 1. The Morgan fingerprint density at radius 1 is 1.53 bits per heavy atom. The summed E-state index contributed by atoms with van der Waals surface area (Å²) in [7, 11) is 0. The van der Waals surface area contributed by atoms with Crippen molar-refractivity contribution in [3.8, 4) is 0 Å². The van der Waals surface area contributed by atoms with Crippen molar-refractivity contribution >= 4 is 23.4 Å². The van der Waals surface area contributed by atoms with E-state index in [4.69, 9.17) is 0 Å². The van der Waals surface area contributed by atoms with Crippen molar-refractivity contribution in [2.75, 3.05) is 24.7 Å². The topological polar surface area (TPSA) is 41.1 Å². The highest BCUT2D eigenvalue weighted by Crippen LogP contribution is 2.22. The van der Waals surface area contributed by atoms with Gasteiger partial charge >= 0.3 is 0 Å².